The van der Waals surface area contributed by atoms with E-state index in [1.165, 1.54) is 5.57 Å². The molecule has 0 unspecified atom stereocenters. The van der Waals surface area contributed by atoms with Gasteiger partial charge in [-0.1, -0.05) is 53.2 Å². The Labute approximate surface area is 126 Å². The highest BCUT2D eigenvalue weighted by atomic mass is 16.2. The normalized spacial score (nSPS) is 16.9. The molecular formula is C16H26N4O. The van der Waals surface area contributed by atoms with Crippen molar-refractivity contribution in [1.82, 2.24) is 20.1 Å². The van der Waals surface area contributed by atoms with Gasteiger partial charge < -0.3 is 4.90 Å². The van der Waals surface area contributed by atoms with E-state index in [0.717, 1.165) is 18.8 Å². The summed E-state index contributed by atoms with van der Waals surface area (Å²) in [5, 5.41) is 6.95. The number of nitrogens with zero attached hydrogens (tertiary/aromatic N) is 3. The Morgan fingerprint density at radius 2 is 1.86 bits per heavy atom. The molecule has 1 aromatic rings. The van der Waals surface area contributed by atoms with Crippen molar-refractivity contribution in [2.45, 2.75) is 53.4 Å². The van der Waals surface area contributed by atoms with E-state index < -0.39 is 0 Å². The molecule has 0 saturated carbocycles. The molecule has 1 aliphatic heterocycles. The van der Waals surface area contributed by atoms with Crippen molar-refractivity contribution in [3.8, 4) is 0 Å². The maximum absolute atomic E-state index is 12.4. The minimum atomic E-state index is -0.132. The maximum atomic E-state index is 12.4. The molecular weight excluding hydrogens is 264 g/mol. The van der Waals surface area contributed by atoms with Crippen LogP contribution in [0.5, 0.6) is 0 Å². The summed E-state index contributed by atoms with van der Waals surface area (Å²) in [5.41, 5.74) is 1.46. The lowest BCUT2D eigenvalue weighted by molar-refractivity contribution is 0.0753. The summed E-state index contributed by atoms with van der Waals surface area (Å²) in [6.07, 6.45) is 3.09. The summed E-state index contributed by atoms with van der Waals surface area (Å²) >= 11 is 0. The molecule has 0 aliphatic carbocycles. The molecule has 1 aliphatic rings. The standard InChI is InChI=1S/C16H26N4O/c1-15(2,3)11-7-9-20(10-8-11)13(21)12-17-14(19-18-12)16(4,5)6/h7H,8-10H2,1-6H3,(H,17,18,19). The highest BCUT2D eigenvalue weighted by molar-refractivity contribution is 5.90. The van der Waals surface area contributed by atoms with Gasteiger partial charge in [0.05, 0.1) is 0 Å². The second-order valence-electron chi connectivity index (χ2n) is 7.74. The SMILES string of the molecule is CC(C)(C)C1=CCN(C(=O)c2n[nH]c(C(C)(C)C)n2)CC1. The Morgan fingerprint density at radius 1 is 1.19 bits per heavy atom. The average molecular weight is 290 g/mol. The minimum absolute atomic E-state index is 0.0917. The topological polar surface area (TPSA) is 61.9 Å². The van der Waals surface area contributed by atoms with Gasteiger partial charge in [0.15, 0.2) is 0 Å². The van der Waals surface area contributed by atoms with Crippen LogP contribution < -0.4 is 0 Å². The molecule has 0 radical (unpaired) electrons. The average Bonchev–Trinajstić information content (AvgIpc) is 2.86. The Hall–Kier alpha value is -1.65. The maximum Gasteiger partial charge on any atom is 0.293 e. The van der Waals surface area contributed by atoms with Crippen LogP contribution in [-0.4, -0.2) is 39.1 Å². The van der Waals surface area contributed by atoms with Gasteiger partial charge in [-0.2, -0.15) is 0 Å². The first-order valence-corrected chi connectivity index (χ1v) is 7.51. The molecule has 5 nitrogen and oxygen atoms in total. The van der Waals surface area contributed by atoms with Crippen molar-refractivity contribution < 1.29 is 4.79 Å². The molecule has 2 heterocycles. The third-order valence-electron chi connectivity index (χ3n) is 3.85. The fraction of sp³-hybridized carbons (Fsp3) is 0.688. The third kappa shape index (κ3) is 3.52. The van der Waals surface area contributed by atoms with Crippen molar-refractivity contribution in [2.24, 2.45) is 5.41 Å². The molecule has 0 fully saturated rings. The predicted molar refractivity (Wildman–Crippen MR) is 83.1 cm³/mol. The van der Waals surface area contributed by atoms with Crippen LogP contribution in [0.1, 0.15) is 64.4 Å². The largest absolute Gasteiger partial charge is 0.332 e. The predicted octanol–water partition coefficient (Wildman–Crippen LogP) is 2.92. The number of carbonyl (C=O) groups excluding carboxylic acids is 1. The number of carbonyl (C=O) groups is 1. The fourth-order valence-electron chi connectivity index (χ4n) is 2.37. The number of hydrogen-bond acceptors (Lipinski definition) is 3. The summed E-state index contributed by atoms with van der Waals surface area (Å²) in [6, 6.07) is 0. The van der Waals surface area contributed by atoms with Gasteiger partial charge in [0.2, 0.25) is 5.82 Å². The van der Waals surface area contributed by atoms with Crippen LogP contribution in [0, 0.1) is 5.41 Å². The second kappa shape index (κ2) is 5.28. The summed E-state index contributed by atoms with van der Waals surface area (Å²) in [7, 11) is 0. The molecule has 1 amide bonds. The van der Waals surface area contributed by atoms with Gasteiger partial charge in [0.1, 0.15) is 5.82 Å². The van der Waals surface area contributed by atoms with E-state index in [2.05, 4.69) is 42.0 Å². The van der Waals surface area contributed by atoms with Crippen LogP contribution in [0.15, 0.2) is 11.6 Å². The number of hydrogen-bond donors (Lipinski definition) is 1. The first-order chi connectivity index (χ1) is 9.59. The third-order valence-corrected chi connectivity index (χ3v) is 3.85. The highest BCUT2D eigenvalue weighted by Crippen LogP contribution is 2.30. The molecule has 0 spiro atoms. The van der Waals surface area contributed by atoms with E-state index >= 15 is 0 Å². The van der Waals surface area contributed by atoms with Gasteiger partial charge in [0.25, 0.3) is 5.91 Å². The lowest BCUT2D eigenvalue weighted by Gasteiger charge is -2.31. The number of rotatable bonds is 1. The smallest absolute Gasteiger partial charge is 0.293 e. The lowest BCUT2D eigenvalue weighted by atomic mass is 9.83. The lowest BCUT2D eigenvalue weighted by Crippen LogP contribution is -2.37. The fourth-order valence-corrected chi connectivity index (χ4v) is 2.37. The Bertz CT molecular complexity index is 558. The molecule has 0 atom stereocenters. The van der Waals surface area contributed by atoms with Crippen LogP contribution in [0.4, 0.5) is 0 Å². The number of amides is 1. The number of aromatic amines is 1. The minimum Gasteiger partial charge on any atom is -0.332 e. The zero-order valence-corrected chi connectivity index (χ0v) is 13.9. The van der Waals surface area contributed by atoms with Gasteiger partial charge in [-0.25, -0.2) is 4.98 Å². The number of aromatic nitrogens is 3. The molecule has 5 heteroatoms. The first kappa shape index (κ1) is 15.7. The van der Waals surface area contributed by atoms with Crippen LogP contribution in [0.25, 0.3) is 0 Å². The Morgan fingerprint density at radius 3 is 2.29 bits per heavy atom. The first-order valence-electron chi connectivity index (χ1n) is 7.51. The molecule has 1 aromatic heterocycles. The number of nitrogens with one attached hydrogen (secondary N) is 1. The monoisotopic (exact) mass is 290 g/mol. The van der Waals surface area contributed by atoms with Crippen LogP contribution >= 0.6 is 0 Å². The molecule has 1 N–H and O–H groups in total. The van der Waals surface area contributed by atoms with Crippen molar-refractivity contribution >= 4 is 5.91 Å². The highest BCUT2D eigenvalue weighted by Gasteiger charge is 2.27. The van der Waals surface area contributed by atoms with Crippen LogP contribution in [0.2, 0.25) is 0 Å². The Balaban J connectivity index is 2.09. The van der Waals surface area contributed by atoms with E-state index in [-0.39, 0.29) is 22.6 Å². The van der Waals surface area contributed by atoms with Gasteiger partial charge >= 0.3 is 0 Å². The van der Waals surface area contributed by atoms with Crippen molar-refractivity contribution in [3.63, 3.8) is 0 Å². The van der Waals surface area contributed by atoms with Crippen molar-refractivity contribution in [2.75, 3.05) is 13.1 Å². The van der Waals surface area contributed by atoms with Crippen LogP contribution in [0.3, 0.4) is 0 Å². The molecule has 2 rings (SSSR count). The van der Waals surface area contributed by atoms with Crippen molar-refractivity contribution in [3.05, 3.63) is 23.3 Å². The molecule has 0 saturated heterocycles. The molecule has 21 heavy (non-hydrogen) atoms. The van der Waals surface area contributed by atoms with E-state index in [1.807, 2.05) is 25.7 Å². The van der Waals surface area contributed by atoms with E-state index in [9.17, 15) is 4.79 Å². The van der Waals surface area contributed by atoms with Gasteiger partial charge in [0, 0.05) is 18.5 Å². The molecule has 116 valence electrons. The summed E-state index contributed by atoms with van der Waals surface area (Å²) < 4.78 is 0. The zero-order chi connectivity index (χ0) is 15.8. The van der Waals surface area contributed by atoms with E-state index in [4.69, 9.17) is 0 Å². The van der Waals surface area contributed by atoms with Gasteiger partial charge in [-0.15, -0.1) is 5.10 Å². The quantitative estimate of drug-likeness (QED) is 0.809. The molecule has 0 aromatic carbocycles. The molecule has 0 bridgehead atoms. The van der Waals surface area contributed by atoms with Crippen molar-refractivity contribution in [1.29, 1.82) is 0 Å². The van der Waals surface area contributed by atoms with E-state index in [1.54, 1.807) is 0 Å². The van der Waals surface area contributed by atoms with Gasteiger partial charge in [-0.05, 0) is 11.8 Å². The summed E-state index contributed by atoms with van der Waals surface area (Å²) in [4.78, 5) is 18.6. The second-order valence-corrected chi connectivity index (χ2v) is 7.74. The van der Waals surface area contributed by atoms with E-state index in [0.29, 0.717) is 6.54 Å². The van der Waals surface area contributed by atoms with Gasteiger partial charge in [-0.3, -0.25) is 9.89 Å². The number of H-pyrrole nitrogens is 1. The zero-order valence-electron chi connectivity index (χ0n) is 13.9. The summed E-state index contributed by atoms with van der Waals surface area (Å²) in [6.45, 7) is 14.1. The van der Waals surface area contributed by atoms with Crippen LogP contribution in [-0.2, 0) is 5.41 Å². The Kier molecular flexibility index (Phi) is 3.95. The summed E-state index contributed by atoms with van der Waals surface area (Å²) in [5.74, 6) is 0.923.